The smallest absolute Gasteiger partial charge is 0.231 e. The fourth-order valence-corrected chi connectivity index (χ4v) is 2.27. The van der Waals surface area contributed by atoms with Crippen molar-refractivity contribution < 1.29 is 13.9 Å². The van der Waals surface area contributed by atoms with Crippen molar-refractivity contribution in [2.45, 2.75) is 13.0 Å². The van der Waals surface area contributed by atoms with Crippen molar-refractivity contribution in [1.82, 2.24) is 5.32 Å². The number of likely N-dealkylation sites (N-methyl/N-ethyl adjacent to an activating group) is 1. The molecule has 1 aromatic carbocycles. The van der Waals surface area contributed by atoms with Gasteiger partial charge >= 0.3 is 0 Å². The molecule has 1 aliphatic heterocycles. The number of nitrogens with one attached hydrogen (secondary N) is 2. The first kappa shape index (κ1) is 14.2. The van der Waals surface area contributed by atoms with Crippen molar-refractivity contribution in [2.24, 2.45) is 5.92 Å². The van der Waals surface area contributed by atoms with Crippen molar-refractivity contribution in [3.8, 4) is 0 Å². The maximum Gasteiger partial charge on any atom is 0.231 e. The SMILES string of the molecule is CCNC1COCC1C(=O)Nc1cc(Cl)ccc1F. The molecule has 1 fully saturated rings. The molecule has 0 bridgehead atoms. The van der Waals surface area contributed by atoms with Crippen LogP contribution in [0.3, 0.4) is 0 Å². The Morgan fingerprint density at radius 3 is 3.05 bits per heavy atom. The number of carbonyl (C=O) groups excluding carboxylic acids is 1. The molecular weight excluding hydrogens is 271 g/mol. The average molecular weight is 287 g/mol. The Bertz CT molecular complexity index is 470. The van der Waals surface area contributed by atoms with E-state index in [9.17, 15) is 9.18 Å². The number of anilines is 1. The van der Waals surface area contributed by atoms with Gasteiger partial charge in [0.2, 0.25) is 5.91 Å². The van der Waals surface area contributed by atoms with Crippen LogP contribution in [0.25, 0.3) is 0 Å². The van der Waals surface area contributed by atoms with Crippen LogP contribution in [0.1, 0.15) is 6.92 Å². The lowest BCUT2D eigenvalue weighted by atomic mass is 10.0. The van der Waals surface area contributed by atoms with E-state index in [4.69, 9.17) is 16.3 Å². The molecule has 2 rings (SSSR count). The van der Waals surface area contributed by atoms with Crippen LogP contribution in [0, 0.1) is 11.7 Å². The maximum atomic E-state index is 13.5. The van der Waals surface area contributed by atoms with Crippen LogP contribution in [0.5, 0.6) is 0 Å². The number of ether oxygens (including phenoxy) is 1. The molecule has 0 aliphatic carbocycles. The van der Waals surface area contributed by atoms with Gasteiger partial charge in [0.1, 0.15) is 5.82 Å². The minimum atomic E-state index is -0.503. The molecule has 6 heteroatoms. The summed E-state index contributed by atoms with van der Waals surface area (Å²) in [5.74, 6) is -1.08. The summed E-state index contributed by atoms with van der Waals surface area (Å²) in [5, 5.41) is 6.12. The van der Waals surface area contributed by atoms with Crippen LogP contribution < -0.4 is 10.6 Å². The van der Waals surface area contributed by atoms with E-state index >= 15 is 0 Å². The zero-order valence-corrected chi connectivity index (χ0v) is 11.3. The molecule has 1 saturated heterocycles. The van der Waals surface area contributed by atoms with E-state index in [1.165, 1.54) is 18.2 Å². The van der Waals surface area contributed by atoms with Gasteiger partial charge in [0.05, 0.1) is 24.8 Å². The molecule has 4 nitrogen and oxygen atoms in total. The first-order valence-corrected chi connectivity index (χ1v) is 6.56. The highest BCUT2D eigenvalue weighted by molar-refractivity contribution is 6.30. The molecule has 1 heterocycles. The molecule has 104 valence electrons. The first-order chi connectivity index (χ1) is 9.11. The standard InChI is InChI=1S/C13H16ClFN2O2/c1-2-16-12-7-19-6-9(12)13(18)17-11-5-8(14)3-4-10(11)15/h3-5,9,12,16H,2,6-7H2,1H3,(H,17,18). The Kier molecular flexibility index (Phi) is 4.74. The number of carbonyl (C=O) groups is 1. The van der Waals surface area contributed by atoms with Crippen LogP contribution in [0.4, 0.5) is 10.1 Å². The van der Waals surface area contributed by atoms with Gasteiger partial charge in [-0.05, 0) is 24.7 Å². The van der Waals surface area contributed by atoms with E-state index in [2.05, 4.69) is 10.6 Å². The van der Waals surface area contributed by atoms with Crippen LogP contribution in [-0.2, 0) is 9.53 Å². The minimum absolute atomic E-state index is 0.0350. The molecular formula is C13H16ClFN2O2. The van der Waals surface area contributed by atoms with Crippen molar-refractivity contribution >= 4 is 23.2 Å². The summed E-state index contributed by atoms with van der Waals surface area (Å²) in [4.78, 5) is 12.1. The highest BCUT2D eigenvalue weighted by Crippen LogP contribution is 2.22. The predicted octanol–water partition coefficient (Wildman–Crippen LogP) is 2.04. The van der Waals surface area contributed by atoms with Crippen LogP contribution in [-0.4, -0.2) is 31.7 Å². The van der Waals surface area contributed by atoms with E-state index in [0.717, 1.165) is 6.54 Å². The van der Waals surface area contributed by atoms with Crippen LogP contribution >= 0.6 is 11.6 Å². The van der Waals surface area contributed by atoms with E-state index in [0.29, 0.717) is 18.2 Å². The summed E-state index contributed by atoms with van der Waals surface area (Å²) in [6.07, 6.45) is 0. The summed E-state index contributed by atoms with van der Waals surface area (Å²) in [6.45, 7) is 3.54. The molecule has 2 atom stereocenters. The van der Waals surface area contributed by atoms with E-state index in [1.54, 1.807) is 0 Å². The monoisotopic (exact) mass is 286 g/mol. The lowest BCUT2D eigenvalue weighted by molar-refractivity contribution is -0.120. The fraction of sp³-hybridized carbons (Fsp3) is 0.462. The number of hydrogen-bond acceptors (Lipinski definition) is 3. The average Bonchev–Trinajstić information content (AvgIpc) is 2.82. The Labute approximate surface area is 116 Å². The molecule has 0 radical (unpaired) electrons. The number of amides is 1. The molecule has 0 spiro atoms. The molecule has 1 aromatic rings. The van der Waals surface area contributed by atoms with Crippen molar-refractivity contribution in [1.29, 1.82) is 0 Å². The van der Waals surface area contributed by atoms with Gasteiger partial charge in [-0.1, -0.05) is 18.5 Å². The molecule has 0 aromatic heterocycles. The molecule has 2 N–H and O–H groups in total. The van der Waals surface area contributed by atoms with Gasteiger partial charge in [-0.2, -0.15) is 0 Å². The third-order valence-electron chi connectivity index (χ3n) is 3.07. The maximum absolute atomic E-state index is 13.5. The lowest BCUT2D eigenvalue weighted by Crippen LogP contribution is -2.41. The third-order valence-corrected chi connectivity index (χ3v) is 3.30. The summed E-state index contributed by atoms with van der Waals surface area (Å²) in [5.41, 5.74) is 0.0969. The van der Waals surface area contributed by atoms with Crippen LogP contribution in [0.15, 0.2) is 18.2 Å². The molecule has 1 amide bonds. The molecule has 2 unspecified atom stereocenters. The highest BCUT2D eigenvalue weighted by Gasteiger charge is 2.33. The molecule has 1 aliphatic rings. The van der Waals surface area contributed by atoms with E-state index < -0.39 is 5.82 Å². The number of rotatable bonds is 4. The Morgan fingerprint density at radius 2 is 2.32 bits per heavy atom. The lowest BCUT2D eigenvalue weighted by Gasteiger charge is -2.18. The summed E-state index contributed by atoms with van der Waals surface area (Å²) < 4.78 is 18.8. The normalized spacial score (nSPS) is 22.5. The zero-order chi connectivity index (χ0) is 13.8. The fourth-order valence-electron chi connectivity index (χ4n) is 2.09. The van der Waals surface area contributed by atoms with Gasteiger partial charge in [-0.3, -0.25) is 4.79 Å². The van der Waals surface area contributed by atoms with Gasteiger partial charge in [0, 0.05) is 11.1 Å². The van der Waals surface area contributed by atoms with E-state index in [1.807, 2.05) is 6.92 Å². The van der Waals surface area contributed by atoms with Crippen molar-refractivity contribution in [3.05, 3.63) is 29.0 Å². The molecule has 19 heavy (non-hydrogen) atoms. The Morgan fingerprint density at radius 1 is 1.53 bits per heavy atom. The van der Waals surface area contributed by atoms with E-state index in [-0.39, 0.29) is 23.6 Å². The minimum Gasteiger partial charge on any atom is -0.379 e. The highest BCUT2D eigenvalue weighted by atomic mass is 35.5. The first-order valence-electron chi connectivity index (χ1n) is 6.19. The summed E-state index contributed by atoms with van der Waals surface area (Å²) in [7, 11) is 0. The number of hydrogen-bond donors (Lipinski definition) is 2. The van der Waals surface area contributed by atoms with Gasteiger partial charge in [-0.15, -0.1) is 0 Å². The quantitative estimate of drug-likeness (QED) is 0.891. The second-order valence-corrected chi connectivity index (χ2v) is 4.86. The Hall–Kier alpha value is -1.17. The van der Waals surface area contributed by atoms with Gasteiger partial charge in [0.15, 0.2) is 0 Å². The number of halogens is 2. The molecule has 0 saturated carbocycles. The third kappa shape index (κ3) is 3.43. The summed E-state index contributed by atoms with van der Waals surface area (Å²) in [6, 6.07) is 4.02. The van der Waals surface area contributed by atoms with Crippen molar-refractivity contribution in [2.75, 3.05) is 25.1 Å². The number of benzene rings is 1. The topological polar surface area (TPSA) is 50.4 Å². The second kappa shape index (κ2) is 6.32. The van der Waals surface area contributed by atoms with Crippen LogP contribution in [0.2, 0.25) is 5.02 Å². The van der Waals surface area contributed by atoms with Gasteiger partial charge in [0.25, 0.3) is 0 Å². The summed E-state index contributed by atoms with van der Waals surface area (Å²) >= 11 is 5.78. The Balaban J connectivity index is 2.06. The predicted molar refractivity (Wildman–Crippen MR) is 71.8 cm³/mol. The van der Waals surface area contributed by atoms with Crippen molar-refractivity contribution in [3.63, 3.8) is 0 Å². The van der Waals surface area contributed by atoms with Gasteiger partial charge < -0.3 is 15.4 Å². The zero-order valence-electron chi connectivity index (χ0n) is 10.6. The second-order valence-electron chi connectivity index (χ2n) is 4.42. The van der Waals surface area contributed by atoms with Gasteiger partial charge in [-0.25, -0.2) is 4.39 Å². The largest absolute Gasteiger partial charge is 0.379 e.